The number of carbonyl (C=O) groups is 1. The summed E-state index contributed by atoms with van der Waals surface area (Å²) in [6.45, 7) is 4.29. The third kappa shape index (κ3) is 3.44. The van der Waals surface area contributed by atoms with E-state index in [1.165, 1.54) is 24.8 Å². The fourth-order valence-electron chi connectivity index (χ4n) is 3.02. The molecule has 0 aliphatic heterocycles. The summed E-state index contributed by atoms with van der Waals surface area (Å²) in [6, 6.07) is 9.97. The average molecular weight is 284 g/mol. The van der Waals surface area contributed by atoms with Crippen LogP contribution < -0.4 is 0 Å². The zero-order chi connectivity index (χ0) is 15.2. The van der Waals surface area contributed by atoms with E-state index in [4.69, 9.17) is 0 Å². The molecule has 0 fully saturated rings. The lowest BCUT2D eigenvalue weighted by Gasteiger charge is -2.15. The minimum absolute atomic E-state index is 0.515. The largest absolute Gasteiger partial charge is 0.478 e. The Hall–Kier alpha value is -1.83. The third-order valence-electron chi connectivity index (χ3n) is 4.12. The highest BCUT2D eigenvalue weighted by atomic mass is 16.4. The summed E-state index contributed by atoms with van der Waals surface area (Å²) in [5.74, 6) is -0.799. The fraction of sp³-hybridized carbons (Fsp3) is 0.421. The lowest BCUT2D eigenvalue weighted by atomic mass is 9.89. The summed E-state index contributed by atoms with van der Waals surface area (Å²) in [4.78, 5) is 11.8. The Bertz CT molecular complexity index is 629. The van der Waals surface area contributed by atoms with Crippen molar-refractivity contribution in [3.05, 3.63) is 47.0 Å². The van der Waals surface area contributed by atoms with E-state index in [9.17, 15) is 9.90 Å². The molecule has 0 atom stereocenters. The molecule has 0 aromatic heterocycles. The van der Waals surface area contributed by atoms with Gasteiger partial charge in [0.05, 0.1) is 5.56 Å². The Kier molecular flexibility index (Phi) is 5.38. The van der Waals surface area contributed by atoms with Crippen LogP contribution in [0.1, 0.15) is 61.0 Å². The van der Waals surface area contributed by atoms with Gasteiger partial charge in [-0.2, -0.15) is 0 Å². The topological polar surface area (TPSA) is 37.3 Å². The normalized spacial score (nSPS) is 11.0. The molecule has 21 heavy (non-hydrogen) atoms. The van der Waals surface area contributed by atoms with Crippen molar-refractivity contribution in [3.63, 3.8) is 0 Å². The monoisotopic (exact) mass is 284 g/mol. The van der Waals surface area contributed by atoms with Gasteiger partial charge in [0.2, 0.25) is 0 Å². The number of benzene rings is 2. The Morgan fingerprint density at radius 2 is 1.86 bits per heavy atom. The van der Waals surface area contributed by atoms with E-state index >= 15 is 0 Å². The molecule has 0 saturated heterocycles. The van der Waals surface area contributed by atoms with Crippen LogP contribution in [-0.4, -0.2) is 11.1 Å². The quantitative estimate of drug-likeness (QED) is 0.707. The molecule has 112 valence electrons. The van der Waals surface area contributed by atoms with Crippen molar-refractivity contribution >= 4 is 16.7 Å². The van der Waals surface area contributed by atoms with Crippen LogP contribution in [0, 0.1) is 0 Å². The van der Waals surface area contributed by atoms with E-state index in [2.05, 4.69) is 19.9 Å². The standard InChI is InChI=1S/C19H24O2/c1-3-5-6-7-11-16-14(4-2)13-15-10-8-9-12-17(15)18(16)19(20)21/h8-10,12-13H,3-7,11H2,1-2H3,(H,20,21). The van der Waals surface area contributed by atoms with Crippen LogP contribution in [-0.2, 0) is 12.8 Å². The summed E-state index contributed by atoms with van der Waals surface area (Å²) in [6.07, 6.45) is 6.41. The van der Waals surface area contributed by atoms with Gasteiger partial charge >= 0.3 is 5.97 Å². The van der Waals surface area contributed by atoms with Gasteiger partial charge in [-0.3, -0.25) is 0 Å². The number of aromatic carboxylic acids is 1. The summed E-state index contributed by atoms with van der Waals surface area (Å²) < 4.78 is 0. The molecule has 0 radical (unpaired) electrons. The molecule has 0 amide bonds. The van der Waals surface area contributed by atoms with Crippen LogP contribution in [0.3, 0.4) is 0 Å². The highest BCUT2D eigenvalue weighted by molar-refractivity contribution is 6.05. The Balaban J connectivity index is 2.49. The van der Waals surface area contributed by atoms with Crippen molar-refractivity contribution in [1.29, 1.82) is 0 Å². The molecule has 0 bridgehead atoms. The maximum atomic E-state index is 11.8. The number of carboxylic acid groups (broad SMARTS) is 1. The smallest absolute Gasteiger partial charge is 0.336 e. The molecule has 2 nitrogen and oxygen atoms in total. The molecular formula is C19H24O2. The van der Waals surface area contributed by atoms with Gasteiger partial charge in [-0.05, 0) is 41.2 Å². The summed E-state index contributed by atoms with van der Waals surface area (Å²) in [5.41, 5.74) is 2.74. The first-order chi connectivity index (χ1) is 10.2. The summed E-state index contributed by atoms with van der Waals surface area (Å²) >= 11 is 0. The second-order valence-electron chi connectivity index (χ2n) is 5.58. The zero-order valence-corrected chi connectivity index (χ0v) is 13.0. The molecule has 2 rings (SSSR count). The predicted molar refractivity (Wildman–Crippen MR) is 88.1 cm³/mol. The molecule has 0 heterocycles. The van der Waals surface area contributed by atoms with Crippen molar-refractivity contribution in [2.45, 2.75) is 52.4 Å². The minimum atomic E-state index is -0.799. The molecule has 2 heteroatoms. The first-order valence-corrected chi connectivity index (χ1v) is 7.95. The Morgan fingerprint density at radius 3 is 2.52 bits per heavy atom. The number of rotatable bonds is 7. The second-order valence-corrected chi connectivity index (χ2v) is 5.58. The van der Waals surface area contributed by atoms with Gasteiger partial charge in [-0.15, -0.1) is 0 Å². The molecule has 0 aliphatic rings. The summed E-state index contributed by atoms with van der Waals surface area (Å²) in [7, 11) is 0. The lowest BCUT2D eigenvalue weighted by Crippen LogP contribution is -2.07. The maximum Gasteiger partial charge on any atom is 0.336 e. The van der Waals surface area contributed by atoms with Crippen molar-refractivity contribution in [2.75, 3.05) is 0 Å². The van der Waals surface area contributed by atoms with E-state index in [1.807, 2.05) is 24.3 Å². The molecule has 2 aromatic carbocycles. The van der Waals surface area contributed by atoms with Crippen molar-refractivity contribution in [1.82, 2.24) is 0 Å². The lowest BCUT2D eigenvalue weighted by molar-refractivity contribution is 0.0697. The van der Waals surface area contributed by atoms with Gasteiger partial charge in [0.1, 0.15) is 0 Å². The van der Waals surface area contributed by atoms with Gasteiger partial charge < -0.3 is 5.11 Å². The number of unbranched alkanes of at least 4 members (excludes halogenated alkanes) is 3. The van der Waals surface area contributed by atoms with Crippen LogP contribution in [0.2, 0.25) is 0 Å². The van der Waals surface area contributed by atoms with Gasteiger partial charge in [-0.25, -0.2) is 4.79 Å². The van der Waals surface area contributed by atoms with Crippen LogP contribution >= 0.6 is 0 Å². The van der Waals surface area contributed by atoms with Crippen molar-refractivity contribution in [2.24, 2.45) is 0 Å². The highest BCUT2D eigenvalue weighted by Gasteiger charge is 2.17. The van der Waals surface area contributed by atoms with E-state index < -0.39 is 5.97 Å². The van der Waals surface area contributed by atoms with Crippen LogP contribution in [0.15, 0.2) is 30.3 Å². The SMILES string of the molecule is CCCCCCc1c(CC)cc2ccccc2c1C(=O)O. The van der Waals surface area contributed by atoms with Gasteiger partial charge in [-0.1, -0.05) is 63.4 Å². The molecule has 2 aromatic rings. The minimum Gasteiger partial charge on any atom is -0.478 e. The number of fused-ring (bicyclic) bond motifs is 1. The highest BCUT2D eigenvalue weighted by Crippen LogP contribution is 2.28. The van der Waals surface area contributed by atoms with Gasteiger partial charge in [0, 0.05) is 0 Å². The Morgan fingerprint density at radius 1 is 1.10 bits per heavy atom. The van der Waals surface area contributed by atoms with Gasteiger partial charge in [0.25, 0.3) is 0 Å². The maximum absolute atomic E-state index is 11.8. The van der Waals surface area contributed by atoms with E-state index in [1.54, 1.807) is 0 Å². The number of hydrogen-bond donors (Lipinski definition) is 1. The van der Waals surface area contributed by atoms with E-state index in [0.717, 1.165) is 35.6 Å². The first kappa shape index (κ1) is 15.6. The van der Waals surface area contributed by atoms with Gasteiger partial charge in [0.15, 0.2) is 0 Å². The number of carboxylic acids is 1. The first-order valence-electron chi connectivity index (χ1n) is 7.95. The summed E-state index contributed by atoms with van der Waals surface area (Å²) in [5, 5.41) is 11.6. The average Bonchev–Trinajstić information content (AvgIpc) is 2.50. The van der Waals surface area contributed by atoms with Crippen molar-refractivity contribution in [3.8, 4) is 0 Å². The number of aryl methyl sites for hydroxylation is 1. The molecule has 0 spiro atoms. The zero-order valence-electron chi connectivity index (χ0n) is 13.0. The third-order valence-corrected chi connectivity index (χ3v) is 4.12. The van der Waals surface area contributed by atoms with Crippen LogP contribution in [0.5, 0.6) is 0 Å². The molecule has 0 saturated carbocycles. The molecular weight excluding hydrogens is 260 g/mol. The molecule has 0 aliphatic carbocycles. The number of hydrogen-bond acceptors (Lipinski definition) is 1. The van der Waals surface area contributed by atoms with E-state index in [-0.39, 0.29) is 0 Å². The molecule has 0 unspecified atom stereocenters. The second kappa shape index (κ2) is 7.26. The predicted octanol–water partition coefficient (Wildman–Crippen LogP) is 5.22. The van der Waals surface area contributed by atoms with Crippen LogP contribution in [0.4, 0.5) is 0 Å². The fourth-order valence-corrected chi connectivity index (χ4v) is 3.02. The molecule has 1 N–H and O–H groups in total. The van der Waals surface area contributed by atoms with Crippen molar-refractivity contribution < 1.29 is 9.90 Å². The van der Waals surface area contributed by atoms with E-state index in [0.29, 0.717) is 5.56 Å². The van der Waals surface area contributed by atoms with Crippen LogP contribution in [0.25, 0.3) is 10.8 Å². The Labute approximate surface area is 126 Å².